The van der Waals surface area contributed by atoms with E-state index in [-0.39, 0.29) is 29.9 Å². The SMILES string of the molecule is COC(=O)N[C@@H](C)C(=O)N1[C@H]2CC[C@@H](C2)[C@@H]1c1ncc(-c2ccc(-c3ccc(-c4cnc([C@@H]5CCCN5C(=O)[C@@H](C)NC(=O)OC)[nH]4)cc3)cc2)[nH]1. The zero-order chi connectivity index (χ0) is 36.5. The van der Waals surface area contributed by atoms with Gasteiger partial charge >= 0.3 is 12.2 Å². The number of likely N-dealkylation sites (tertiary alicyclic amines) is 2. The summed E-state index contributed by atoms with van der Waals surface area (Å²) >= 11 is 0. The van der Waals surface area contributed by atoms with Gasteiger partial charge in [-0.3, -0.25) is 9.59 Å². The molecule has 4 heterocycles. The number of carbonyl (C=O) groups excluding carboxylic acids is 4. The molecule has 7 rings (SSSR count). The van der Waals surface area contributed by atoms with Crippen LogP contribution in [0.25, 0.3) is 33.6 Å². The molecule has 2 aromatic heterocycles. The van der Waals surface area contributed by atoms with Crippen LogP contribution in [0.1, 0.15) is 69.7 Å². The van der Waals surface area contributed by atoms with E-state index >= 15 is 0 Å². The number of nitrogens with one attached hydrogen (secondary N) is 4. The van der Waals surface area contributed by atoms with Gasteiger partial charge in [-0.25, -0.2) is 19.6 Å². The third-order valence-corrected chi connectivity index (χ3v) is 10.7. The lowest BCUT2D eigenvalue weighted by Gasteiger charge is -2.36. The summed E-state index contributed by atoms with van der Waals surface area (Å²) in [6, 6.07) is 14.9. The van der Waals surface area contributed by atoms with Crippen LogP contribution in [0.5, 0.6) is 0 Å². The second-order valence-corrected chi connectivity index (χ2v) is 13.8. The second-order valence-electron chi connectivity index (χ2n) is 13.8. The highest BCUT2D eigenvalue weighted by molar-refractivity contribution is 5.87. The van der Waals surface area contributed by atoms with E-state index in [1.54, 1.807) is 24.9 Å². The molecule has 272 valence electrons. The van der Waals surface area contributed by atoms with Crippen molar-refractivity contribution in [3.05, 3.63) is 72.6 Å². The van der Waals surface area contributed by atoms with Gasteiger partial charge in [-0.15, -0.1) is 0 Å². The van der Waals surface area contributed by atoms with Crippen molar-refractivity contribution in [1.82, 2.24) is 40.4 Å². The molecule has 2 saturated heterocycles. The number of alkyl carbamates (subject to hydrolysis) is 2. The van der Waals surface area contributed by atoms with E-state index in [0.717, 1.165) is 77.4 Å². The maximum Gasteiger partial charge on any atom is 0.407 e. The Morgan fingerprint density at radius 2 is 1.25 bits per heavy atom. The monoisotopic (exact) mass is 708 g/mol. The molecule has 0 spiro atoms. The van der Waals surface area contributed by atoms with Gasteiger partial charge in [0.15, 0.2) is 0 Å². The number of ether oxygens (including phenoxy) is 2. The minimum Gasteiger partial charge on any atom is -0.453 e. The quantitative estimate of drug-likeness (QED) is 0.180. The number of H-pyrrole nitrogens is 2. The Bertz CT molecular complexity index is 1940. The summed E-state index contributed by atoms with van der Waals surface area (Å²) in [7, 11) is 2.56. The van der Waals surface area contributed by atoms with Gasteiger partial charge < -0.3 is 39.9 Å². The molecular weight excluding hydrogens is 664 g/mol. The highest BCUT2D eigenvalue weighted by atomic mass is 16.5. The Kier molecular flexibility index (Phi) is 9.71. The van der Waals surface area contributed by atoms with Crippen LogP contribution in [-0.4, -0.2) is 92.6 Å². The molecular formula is C38H44N8O6. The maximum atomic E-state index is 13.4. The van der Waals surface area contributed by atoms with Crippen LogP contribution in [0.4, 0.5) is 9.59 Å². The average molecular weight is 709 g/mol. The Morgan fingerprint density at radius 3 is 1.83 bits per heavy atom. The van der Waals surface area contributed by atoms with E-state index in [2.05, 4.69) is 66.7 Å². The predicted octanol–water partition coefficient (Wildman–Crippen LogP) is 5.34. The molecule has 4 aromatic rings. The first-order valence-corrected chi connectivity index (χ1v) is 17.8. The second kappa shape index (κ2) is 14.5. The lowest BCUT2D eigenvalue weighted by molar-refractivity contribution is -0.137. The molecule has 6 atom stereocenters. The Balaban J connectivity index is 1.01. The summed E-state index contributed by atoms with van der Waals surface area (Å²) in [4.78, 5) is 69.9. The smallest absolute Gasteiger partial charge is 0.407 e. The van der Waals surface area contributed by atoms with Gasteiger partial charge in [0.05, 0.1) is 50.1 Å². The van der Waals surface area contributed by atoms with Crippen LogP contribution < -0.4 is 10.6 Å². The molecule has 3 fully saturated rings. The fraction of sp³-hybridized carbons (Fsp3) is 0.421. The molecule has 0 radical (unpaired) electrons. The number of imidazole rings is 2. The summed E-state index contributed by atoms with van der Waals surface area (Å²) in [5.74, 6) is 1.51. The van der Waals surface area contributed by atoms with Crippen molar-refractivity contribution in [2.75, 3.05) is 20.8 Å². The van der Waals surface area contributed by atoms with Gasteiger partial charge in [0.1, 0.15) is 23.7 Å². The molecule has 14 nitrogen and oxygen atoms in total. The number of nitrogens with zero attached hydrogens (tertiary/aromatic N) is 4. The lowest BCUT2D eigenvalue weighted by atomic mass is 9.97. The molecule has 2 aromatic carbocycles. The molecule has 1 aliphatic carbocycles. The number of aromatic nitrogens is 4. The van der Waals surface area contributed by atoms with E-state index in [1.807, 2.05) is 23.2 Å². The van der Waals surface area contributed by atoms with Crippen LogP contribution in [0, 0.1) is 5.92 Å². The van der Waals surface area contributed by atoms with Gasteiger partial charge in [0.2, 0.25) is 11.8 Å². The Morgan fingerprint density at radius 1 is 0.731 bits per heavy atom. The normalized spacial score (nSPS) is 21.8. The number of benzene rings is 2. The number of methoxy groups -OCH3 is 2. The molecule has 52 heavy (non-hydrogen) atoms. The number of carbonyl (C=O) groups is 4. The summed E-state index contributed by atoms with van der Waals surface area (Å²) in [6.07, 6.45) is 6.92. The number of aromatic amines is 2. The number of amides is 4. The van der Waals surface area contributed by atoms with Crippen molar-refractivity contribution < 1.29 is 28.7 Å². The van der Waals surface area contributed by atoms with Crippen molar-refractivity contribution in [1.29, 1.82) is 0 Å². The third-order valence-electron chi connectivity index (χ3n) is 10.7. The summed E-state index contributed by atoms with van der Waals surface area (Å²) in [5, 5.41) is 5.17. The van der Waals surface area contributed by atoms with Gasteiger partial charge in [-0.05, 0) is 74.1 Å². The molecule has 1 saturated carbocycles. The van der Waals surface area contributed by atoms with E-state index in [0.29, 0.717) is 12.5 Å². The van der Waals surface area contributed by atoms with E-state index in [9.17, 15) is 19.2 Å². The minimum atomic E-state index is -0.704. The van der Waals surface area contributed by atoms with Crippen molar-refractivity contribution in [3.63, 3.8) is 0 Å². The maximum absolute atomic E-state index is 13.4. The predicted molar refractivity (Wildman–Crippen MR) is 191 cm³/mol. The van der Waals surface area contributed by atoms with E-state index in [1.165, 1.54) is 14.2 Å². The topological polar surface area (TPSA) is 175 Å². The number of fused-ring (bicyclic) bond motifs is 2. The Labute approximate surface area is 301 Å². The first kappa shape index (κ1) is 34.8. The van der Waals surface area contributed by atoms with E-state index in [4.69, 9.17) is 9.72 Å². The van der Waals surface area contributed by atoms with Crippen molar-refractivity contribution in [3.8, 4) is 33.6 Å². The highest BCUT2D eigenvalue weighted by Crippen LogP contribution is 2.50. The first-order chi connectivity index (χ1) is 25.1. The molecule has 3 aliphatic rings. The van der Waals surface area contributed by atoms with Gasteiger partial charge in [-0.1, -0.05) is 48.5 Å². The summed E-state index contributed by atoms with van der Waals surface area (Å²) < 4.78 is 9.34. The zero-order valence-electron chi connectivity index (χ0n) is 29.7. The van der Waals surface area contributed by atoms with Gasteiger partial charge in [0.25, 0.3) is 0 Å². The Hall–Kier alpha value is -5.66. The lowest BCUT2D eigenvalue weighted by Crippen LogP contribution is -2.50. The molecule has 4 N–H and O–H groups in total. The third kappa shape index (κ3) is 6.72. The highest BCUT2D eigenvalue weighted by Gasteiger charge is 2.50. The number of hydrogen-bond acceptors (Lipinski definition) is 8. The van der Waals surface area contributed by atoms with Crippen molar-refractivity contribution >= 4 is 24.0 Å². The largest absolute Gasteiger partial charge is 0.453 e. The molecule has 2 bridgehead atoms. The molecule has 2 aliphatic heterocycles. The fourth-order valence-electron chi connectivity index (χ4n) is 8.01. The van der Waals surface area contributed by atoms with Gasteiger partial charge in [-0.2, -0.15) is 0 Å². The van der Waals surface area contributed by atoms with Crippen molar-refractivity contribution in [2.24, 2.45) is 5.92 Å². The van der Waals surface area contributed by atoms with Gasteiger partial charge in [0, 0.05) is 12.6 Å². The molecule has 14 heteroatoms. The van der Waals surface area contributed by atoms with Crippen LogP contribution in [-0.2, 0) is 19.1 Å². The minimum absolute atomic E-state index is 0.127. The van der Waals surface area contributed by atoms with Crippen LogP contribution in [0.3, 0.4) is 0 Å². The first-order valence-electron chi connectivity index (χ1n) is 17.8. The molecule has 4 amide bonds. The zero-order valence-corrected chi connectivity index (χ0v) is 29.7. The summed E-state index contributed by atoms with van der Waals surface area (Å²) in [5.41, 5.74) is 5.82. The average Bonchev–Trinajstić information content (AvgIpc) is 4.02. The fourth-order valence-corrected chi connectivity index (χ4v) is 8.01. The standard InChI is InChI=1S/C38H44N8O6/c1-21(41-37(49)51-3)35(47)45-17-5-6-31(45)33-39-19-29(43-33)25-11-7-23(8-12-25)24-9-13-26(14-10-24)30-20-40-34(44-30)32-27-15-16-28(18-27)46(32)36(48)22(2)42-38(50)52-4/h7-14,19-22,27-28,31-32H,5-6,15-18H2,1-4H3,(H,39,43)(H,40,44)(H,41,49)(H,42,50)/t21-,22+,27+,28+,31+,32-/m1/s1. The number of hydrogen-bond donors (Lipinski definition) is 4. The number of rotatable bonds is 9. The summed E-state index contributed by atoms with van der Waals surface area (Å²) in [6.45, 7) is 3.93. The van der Waals surface area contributed by atoms with E-state index < -0.39 is 24.3 Å². The van der Waals surface area contributed by atoms with Crippen molar-refractivity contribution in [2.45, 2.75) is 76.2 Å². The van der Waals surface area contributed by atoms with Crippen LogP contribution >= 0.6 is 0 Å². The molecule has 0 unspecified atom stereocenters. The van der Waals surface area contributed by atoms with Crippen LogP contribution in [0.2, 0.25) is 0 Å². The number of piperidine rings is 1. The van der Waals surface area contributed by atoms with Crippen LogP contribution in [0.15, 0.2) is 60.9 Å².